The number of benzene rings is 1. The first-order chi connectivity index (χ1) is 8.13. The summed E-state index contributed by atoms with van der Waals surface area (Å²) in [5.74, 6) is 1.99. The van der Waals surface area contributed by atoms with Crippen molar-refractivity contribution in [2.24, 2.45) is 5.92 Å². The van der Waals surface area contributed by atoms with Crippen LogP contribution in [0.2, 0.25) is 0 Å². The van der Waals surface area contributed by atoms with E-state index >= 15 is 0 Å². The highest BCUT2D eigenvalue weighted by molar-refractivity contribution is 7.85. The van der Waals surface area contributed by atoms with E-state index in [4.69, 9.17) is 0 Å². The van der Waals surface area contributed by atoms with Crippen molar-refractivity contribution < 1.29 is 4.21 Å². The molecule has 1 rings (SSSR count). The van der Waals surface area contributed by atoms with Crippen molar-refractivity contribution in [1.82, 2.24) is 5.32 Å². The van der Waals surface area contributed by atoms with Gasteiger partial charge < -0.3 is 5.32 Å². The third kappa shape index (κ3) is 5.46. The predicted octanol–water partition coefficient (Wildman–Crippen LogP) is 2.74. The quantitative estimate of drug-likeness (QED) is 0.809. The van der Waals surface area contributed by atoms with Crippen molar-refractivity contribution in [2.45, 2.75) is 26.8 Å². The molecular weight excluding hydrogens is 230 g/mol. The molecule has 0 spiro atoms. The molecule has 0 aliphatic heterocycles. The van der Waals surface area contributed by atoms with Gasteiger partial charge in [0.2, 0.25) is 0 Å². The number of rotatable bonds is 7. The van der Waals surface area contributed by atoms with E-state index in [9.17, 15) is 4.21 Å². The van der Waals surface area contributed by atoms with E-state index in [1.54, 1.807) is 0 Å². The summed E-state index contributed by atoms with van der Waals surface area (Å²) in [6.45, 7) is 7.21. The molecule has 3 heteroatoms. The number of hydrogen-bond acceptors (Lipinski definition) is 2. The Morgan fingerprint density at radius 1 is 1.18 bits per heavy atom. The SMILES string of the molecule is CCNC(CS(=O)CC(C)C)c1ccccc1. The highest BCUT2D eigenvalue weighted by Gasteiger charge is 2.14. The summed E-state index contributed by atoms with van der Waals surface area (Å²) < 4.78 is 12.0. The van der Waals surface area contributed by atoms with Crippen LogP contribution in [0.15, 0.2) is 30.3 Å². The second-order valence-electron chi connectivity index (χ2n) is 4.69. The fraction of sp³-hybridized carbons (Fsp3) is 0.571. The van der Waals surface area contributed by atoms with Gasteiger partial charge in [-0.1, -0.05) is 51.1 Å². The summed E-state index contributed by atoms with van der Waals surface area (Å²) in [5.41, 5.74) is 1.23. The van der Waals surface area contributed by atoms with Gasteiger partial charge in [-0.2, -0.15) is 0 Å². The monoisotopic (exact) mass is 253 g/mol. The molecule has 1 aromatic carbocycles. The van der Waals surface area contributed by atoms with E-state index in [1.807, 2.05) is 18.2 Å². The van der Waals surface area contributed by atoms with Gasteiger partial charge in [0.1, 0.15) is 0 Å². The second-order valence-corrected chi connectivity index (χ2v) is 6.23. The van der Waals surface area contributed by atoms with E-state index in [2.05, 4.69) is 38.2 Å². The molecule has 0 radical (unpaired) electrons. The van der Waals surface area contributed by atoms with Gasteiger partial charge in [-0.3, -0.25) is 4.21 Å². The van der Waals surface area contributed by atoms with E-state index < -0.39 is 10.8 Å². The molecule has 0 aromatic heterocycles. The minimum Gasteiger partial charge on any atom is -0.309 e. The lowest BCUT2D eigenvalue weighted by atomic mass is 10.1. The van der Waals surface area contributed by atoms with Crippen molar-refractivity contribution in [3.63, 3.8) is 0 Å². The van der Waals surface area contributed by atoms with E-state index in [-0.39, 0.29) is 6.04 Å². The van der Waals surface area contributed by atoms with Gasteiger partial charge >= 0.3 is 0 Å². The Kier molecular flexibility index (Phi) is 6.45. The summed E-state index contributed by atoms with van der Waals surface area (Å²) in [5, 5.41) is 3.41. The summed E-state index contributed by atoms with van der Waals surface area (Å²) in [6, 6.07) is 10.5. The summed E-state index contributed by atoms with van der Waals surface area (Å²) in [4.78, 5) is 0. The standard InChI is InChI=1S/C14H23NOS/c1-4-15-14(11-17(16)10-12(2)3)13-8-6-5-7-9-13/h5-9,12,14-15H,4,10-11H2,1-3H3. The zero-order chi connectivity index (χ0) is 12.7. The van der Waals surface area contributed by atoms with Gasteiger partial charge in [-0.05, 0) is 18.0 Å². The number of nitrogens with one attached hydrogen (secondary N) is 1. The summed E-state index contributed by atoms with van der Waals surface area (Å²) in [7, 11) is -0.745. The molecule has 0 saturated carbocycles. The van der Waals surface area contributed by atoms with Crippen molar-refractivity contribution >= 4 is 10.8 Å². The molecule has 96 valence electrons. The van der Waals surface area contributed by atoms with Gasteiger partial charge in [-0.25, -0.2) is 0 Å². The lowest BCUT2D eigenvalue weighted by molar-refractivity contribution is 0.591. The normalized spacial score (nSPS) is 14.8. The lowest BCUT2D eigenvalue weighted by Gasteiger charge is -2.18. The highest BCUT2D eigenvalue weighted by Crippen LogP contribution is 2.14. The smallest absolute Gasteiger partial charge is 0.0436 e. The molecule has 0 fully saturated rings. The zero-order valence-corrected chi connectivity index (χ0v) is 11.8. The molecule has 0 saturated heterocycles. The van der Waals surface area contributed by atoms with Gasteiger partial charge in [0.05, 0.1) is 0 Å². The van der Waals surface area contributed by atoms with Crippen LogP contribution < -0.4 is 5.32 Å². The van der Waals surface area contributed by atoms with Crippen LogP contribution in [-0.4, -0.2) is 22.3 Å². The molecule has 2 unspecified atom stereocenters. The van der Waals surface area contributed by atoms with Crippen LogP contribution in [0.25, 0.3) is 0 Å². The first-order valence-corrected chi connectivity index (χ1v) is 7.75. The van der Waals surface area contributed by atoms with Crippen molar-refractivity contribution in [3.8, 4) is 0 Å². The Morgan fingerprint density at radius 2 is 1.82 bits per heavy atom. The summed E-state index contributed by atoms with van der Waals surface area (Å²) in [6.07, 6.45) is 0. The van der Waals surface area contributed by atoms with Crippen molar-refractivity contribution in [1.29, 1.82) is 0 Å². The van der Waals surface area contributed by atoms with Gasteiger partial charge in [-0.15, -0.1) is 0 Å². The molecule has 2 nitrogen and oxygen atoms in total. The van der Waals surface area contributed by atoms with Gasteiger partial charge in [0.25, 0.3) is 0 Å². The molecule has 17 heavy (non-hydrogen) atoms. The Balaban J connectivity index is 2.64. The molecule has 0 aliphatic carbocycles. The largest absolute Gasteiger partial charge is 0.309 e. The third-order valence-electron chi connectivity index (χ3n) is 2.52. The molecule has 1 aromatic rings. The van der Waals surface area contributed by atoms with Gasteiger partial charge in [0, 0.05) is 28.3 Å². The van der Waals surface area contributed by atoms with Crippen LogP contribution in [0.1, 0.15) is 32.4 Å². The molecule has 1 N–H and O–H groups in total. The summed E-state index contributed by atoms with van der Waals surface area (Å²) >= 11 is 0. The van der Waals surface area contributed by atoms with Crippen LogP contribution in [0.4, 0.5) is 0 Å². The molecule has 0 aliphatic rings. The average Bonchev–Trinajstić information content (AvgIpc) is 2.28. The predicted molar refractivity (Wildman–Crippen MR) is 75.6 cm³/mol. The second kappa shape index (κ2) is 7.62. The Morgan fingerprint density at radius 3 is 2.35 bits per heavy atom. The minimum atomic E-state index is -0.745. The first kappa shape index (κ1) is 14.4. The van der Waals surface area contributed by atoms with Crippen LogP contribution in [0.3, 0.4) is 0 Å². The van der Waals surface area contributed by atoms with Crippen LogP contribution in [-0.2, 0) is 10.8 Å². The highest BCUT2D eigenvalue weighted by atomic mass is 32.2. The average molecular weight is 253 g/mol. The maximum absolute atomic E-state index is 12.0. The maximum atomic E-state index is 12.0. The molecule has 0 heterocycles. The molecule has 0 amide bonds. The molecule has 0 bridgehead atoms. The van der Waals surface area contributed by atoms with E-state index in [1.165, 1.54) is 5.56 Å². The first-order valence-electron chi connectivity index (χ1n) is 6.26. The van der Waals surface area contributed by atoms with Crippen molar-refractivity contribution in [3.05, 3.63) is 35.9 Å². The van der Waals surface area contributed by atoms with Crippen LogP contribution >= 0.6 is 0 Å². The third-order valence-corrected chi connectivity index (χ3v) is 4.27. The Labute approximate surface area is 107 Å². The molecular formula is C14H23NOS. The lowest BCUT2D eigenvalue weighted by Crippen LogP contribution is -2.27. The Bertz CT molecular complexity index is 337. The topological polar surface area (TPSA) is 29.1 Å². The van der Waals surface area contributed by atoms with Crippen LogP contribution in [0.5, 0.6) is 0 Å². The number of hydrogen-bond donors (Lipinski definition) is 1. The van der Waals surface area contributed by atoms with E-state index in [0.717, 1.165) is 12.3 Å². The zero-order valence-electron chi connectivity index (χ0n) is 11.0. The van der Waals surface area contributed by atoms with Gasteiger partial charge in [0.15, 0.2) is 0 Å². The van der Waals surface area contributed by atoms with E-state index in [0.29, 0.717) is 11.7 Å². The fourth-order valence-corrected chi connectivity index (χ4v) is 3.39. The molecule has 2 atom stereocenters. The maximum Gasteiger partial charge on any atom is 0.0436 e. The Hall–Kier alpha value is -0.670. The van der Waals surface area contributed by atoms with Crippen LogP contribution in [0, 0.1) is 5.92 Å². The van der Waals surface area contributed by atoms with Crippen molar-refractivity contribution in [2.75, 3.05) is 18.1 Å². The minimum absolute atomic E-state index is 0.209. The fourth-order valence-electron chi connectivity index (χ4n) is 1.83.